The van der Waals surface area contributed by atoms with E-state index in [1.807, 2.05) is 18.2 Å². The lowest BCUT2D eigenvalue weighted by molar-refractivity contribution is -0.0309. The lowest BCUT2D eigenvalue weighted by atomic mass is 10.1. The number of hydrogen-bond donors (Lipinski definition) is 2. The Morgan fingerprint density at radius 2 is 2.00 bits per heavy atom. The smallest absolute Gasteiger partial charge is 0.163 e. The molecule has 0 aliphatic heterocycles. The van der Waals surface area contributed by atoms with Gasteiger partial charge in [-0.2, -0.15) is 0 Å². The molecule has 0 amide bonds. The van der Waals surface area contributed by atoms with E-state index in [0.29, 0.717) is 5.56 Å². The van der Waals surface area contributed by atoms with E-state index >= 15 is 0 Å². The molecule has 3 N–H and O–H groups in total. The summed E-state index contributed by atoms with van der Waals surface area (Å²) in [6, 6.07) is 9.04. The van der Waals surface area contributed by atoms with Gasteiger partial charge in [0.2, 0.25) is 0 Å². The molecule has 3 heteroatoms. The maximum Gasteiger partial charge on any atom is 0.163 e. The van der Waals surface area contributed by atoms with Crippen molar-refractivity contribution >= 4 is 0 Å². The summed E-state index contributed by atoms with van der Waals surface area (Å²) in [5, 5.41) is 9.64. The van der Waals surface area contributed by atoms with E-state index in [9.17, 15) is 5.11 Å². The van der Waals surface area contributed by atoms with Gasteiger partial charge in [-0.1, -0.05) is 30.3 Å². The van der Waals surface area contributed by atoms with E-state index in [1.54, 1.807) is 12.1 Å². The van der Waals surface area contributed by atoms with Crippen molar-refractivity contribution in [3.05, 3.63) is 35.9 Å². The summed E-state index contributed by atoms with van der Waals surface area (Å²) in [6.07, 6.45) is 0. The third-order valence-electron chi connectivity index (χ3n) is 1.64. The third kappa shape index (κ3) is 2.04. The van der Waals surface area contributed by atoms with Crippen LogP contribution in [0.2, 0.25) is 0 Å². The molecule has 1 aromatic rings. The van der Waals surface area contributed by atoms with Gasteiger partial charge in [0, 0.05) is 12.7 Å². The average Bonchev–Trinajstić information content (AvgIpc) is 2.06. The zero-order valence-electron chi connectivity index (χ0n) is 7.03. The Labute approximate surface area is 71.8 Å². The van der Waals surface area contributed by atoms with Gasteiger partial charge in [0.15, 0.2) is 5.72 Å². The summed E-state index contributed by atoms with van der Waals surface area (Å²) in [4.78, 5) is 0. The van der Waals surface area contributed by atoms with Crippen LogP contribution in [0.4, 0.5) is 0 Å². The van der Waals surface area contributed by atoms with Crippen molar-refractivity contribution in [1.29, 1.82) is 0 Å². The molecule has 0 spiro atoms. The maximum atomic E-state index is 9.64. The van der Waals surface area contributed by atoms with Gasteiger partial charge in [-0.25, -0.2) is 0 Å². The van der Waals surface area contributed by atoms with Gasteiger partial charge < -0.3 is 9.84 Å². The Balaban J connectivity index is 2.82. The highest BCUT2D eigenvalue weighted by atomic mass is 16.5. The number of aliphatic hydroxyl groups is 1. The molecule has 0 heterocycles. The van der Waals surface area contributed by atoms with Crippen molar-refractivity contribution in [2.45, 2.75) is 5.72 Å². The second kappa shape index (κ2) is 3.67. The number of methoxy groups -OCH3 is 1. The molecule has 1 unspecified atom stereocenters. The van der Waals surface area contributed by atoms with Crippen molar-refractivity contribution in [2.24, 2.45) is 5.73 Å². The van der Waals surface area contributed by atoms with E-state index in [1.165, 1.54) is 7.11 Å². The molecule has 0 saturated carbocycles. The maximum absolute atomic E-state index is 9.64. The molecule has 0 aliphatic rings. The van der Waals surface area contributed by atoms with Gasteiger partial charge >= 0.3 is 0 Å². The molecular weight excluding hydrogens is 154 g/mol. The van der Waals surface area contributed by atoms with Gasteiger partial charge in [-0.05, 0) is 0 Å². The summed E-state index contributed by atoms with van der Waals surface area (Å²) in [5.74, 6) is 0. The van der Waals surface area contributed by atoms with Crippen LogP contribution in [0.5, 0.6) is 0 Å². The largest absolute Gasteiger partial charge is 0.380 e. The summed E-state index contributed by atoms with van der Waals surface area (Å²) >= 11 is 0. The number of benzene rings is 1. The summed E-state index contributed by atoms with van der Waals surface area (Å²) in [5.41, 5.74) is 4.86. The number of nitrogens with two attached hydrogens (primary N) is 1. The van der Waals surface area contributed by atoms with Crippen molar-refractivity contribution in [3.8, 4) is 0 Å². The molecule has 0 fully saturated rings. The molecule has 0 saturated heterocycles. The molecule has 3 nitrogen and oxygen atoms in total. The average molecular weight is 167 g/mol. The second-order valence-electron chi connectivity index (χ2n) is 2.72. The molecule has 1 atom stereocenters. The molecule has 0 aromatic heterocycles. The minimum Gasteiger partial charge on any atom is -0.380 e. The fraction of sp³-hybridized carbons (Fsp3) is 0.333. The molecular formula is C9H13NO2. The van der Waals surface area contributed by atoms with E-state index in [2.05, 4.69) is 0 Å². The summed E-state index contributed by atoms with van der Waals surface area (Å²) in [6.45, 7) is 0.0943. The van der Waals surface area contributed by atoms with Crippen LogP contribution < -0.4 is 5.73 Å². The van der Waals surface area contributed by atoms with E-state index in [-0.39, 0.29) is 6.61 Å². The molecule has 0 radical (unpaired) electrons. The highest BCUT2D eigenvalue weighted by Gasteiger charge is 2.22. The highest BCUT2D eigenvalue weighted by Crippen LogP contribution is 2.14. The highest BCUT2D eigenvalue weighted by molar-refractivity contribution is 5.20. The van der Waals surface area contributed by atoms with Crippen LogP contribution >= 0.6 is 0 Å². The van der Waals surface area contributed by atoms with Gasteiger partial charge in [0.25, 0.3) is 0 Å². The SMILES string of the molecule is COCC(N)(O)c1ccccc1. The first kappa shape index (κ1) is 9.19. The molecule has 1 rings (SSSR count). The number of ether oxygens (including phenoxy) is 1. The fourth-order valence-electron chi connectivity index (χ4n) is 1.03. The Hall–Kier alpha value is -0.900. The van der Waals surface area contributed by atoms with E-state index in [0.717, 1.165) is 0 Å². The molecule has 0 bridgehead atoms. The second-order valence-corrected chi connectivity index (χ2v) is 2.72. The predicted molar refractivity (Wildman–Crippen MR) is 46.4 cm³/mol. The number of rotatable bonds is 3. The van der Waals surface area contributed by atoms with Gasteiger partial charge in [-0.3, -0.25) is 5.73 Å². The Kier molecular flexibility index (Phi) is 2.81. The topological polar surface area (TPSA) is 55.5 Å². The molecule has 12 heavy (non-hydrogen) atoms. The van der Waals surface area contributed by atoms with Crippen LogP contribution in [0.15, 0.2) is 30.3 Å². The fourth-order valence-corrected chi connectivity index (χ4v) is 1.03. The third-order valence-corrected chi connectivity index (χ3v) is 1.64. The normalized spacial score (nSPS) is 15.6. The van der Waals surface area contributed by atoms with Crippen molar-refractivity contribution in [1.82, 2.24) is 0 Å². The zero-order chi connectivity index (χ0) is 9.03. The predicted octanol–water partition coefficient (Wildman–Crippen LogP) is 0.437. The summed E-state index contributed by atoms with van der Waals surface area (Å²) < 4.78 is 4.79. The van der Waals surface area contributed by atoms with Gasteiger partial charge in [0.1, 0.15) is 0 Å². The Morgan fingerprint density at radius 1 is 1.42 bits per heavy atom. The van der Waals surface area contributed by atoms with Crippen LogP contribution in [0.3, 0.4) is 0 Å². The first-order valence-electron chi connectivity index (χ1n) is 3.72. The lowest BCUT2D eigenvalue weighted by Crippen LogP contribution is -2.40. The van der Waals surface area contributed by atoms with Crippen LogP contribution in [-0.4, -0.2) is 18.8 Å². The first-order chi connectivity index (χ1) is 5.67. The molecule has 66 valence electrons. The van der Waals surface area contributed by atoms with Crippen LogP contribution in [-0.2, 0) is 10.5 Å². The number of hydrogen-bond acceptors (Lipinski definition) is 3. The van der Waals surface area contributed by atoms with E-state index < -0.39 is 5.72 Å². The Bertz CT molecular complexity index is 234. The molecule has 1 aromatic carbocycles. The standard InChI is InChI=1S/C9H13NO2/c1-12-7-9(10,11)8-5-3-2-4-6-8/h2-6,11H,7,10H2,1H3. The summed E-state index contributed by atoms with van der Waals surface area (Å²) in [7, 11) is 1.50. The van der Waals surface area contributed by atoms with Crippen LogP contribution in [0.25, 0.3) is 0 Å². The van der Waals surface area contributed by atoms with Crippen molar-refractivity contribution < 1.29 is 9.84 Å². The van der Waals surface area contributed by atoms with E-state index in [4.69, 9.17) is 10.5 Å². The van der Waals surface area contributed by atoms with Crippen LogP contribution in [0.1, 0.15) is 5.56 Å². The zero-order valence-corrected chi connectivity index (χ0v) is 7.03. The molecule has 0 aliphatic carbocycles. The minimum absolute atomic E-state index is 0.0943. The Morgan fingerprint density at radius 3 is 2.50 bits per heavy atom. The van der Waals surface area contributed by atoms with Crippen molar-refractivity contribution in [2.75, 3.05) is 13.7 Å². The van der Waals surface area contributed by atoms with Gasteiger partial charge in [-0.15, -0.1) is 0 Å². The first-order valence-corrected chi connectivity index (χ1v) is 3.72. The monoisotopic (exact) mass is 167 g/mol. The van der Waals surface area contributed by atoms with Crippen LogP contribution in [0, 0.1) is 0 Å². The van der Waals surface area contributed by atoms with Crippen molar-refractivity contribution in [3.63, 3.8) is 0 Å². The minimum atomic E-state index is -1.38. The quantitative estimate of drug-likeness (QED) is 0.642. The van der Waals surface area contributed by atoms with Gasteiger partial charge in [0.05, 0.1) is 6.61 Å². The lowest BCUT2D eigenvalue weighted by Gasteiger charge is -2.22.